The first-order valence-electron chi connectivity index (χ1n) is 6.25. The van der Waals surface area contributed by atoms with Gasteiger partial charge < -0.3 is 15.3 Å². The van der Waals surface area contributed by atoms with Gasteiger partial charge in [0.15, 0.2) is 9.84 Å². The first-order chi connectivity index (χ1) is 8.76. The molecule has 1 aliphatic rings. The third-order valence-corrected chi connectivity index (χ3v) is 5.00. The Bertz CT molecular complexity index is 434. The van der Waals surface area contributed by atoms with Crippen LogP contribution in [0.15, 0.2) is 0 Å². The lowest BCUT2D eigenvalue weighted by Crippen LogP contribution is -2.54. The topological polar surface area (TPSA) is 104 Å². The second kappa shape index (κ2) is 6.23. The molecule has 0 saturated carbocycles. The fraction of sp³-hybridized carbons (Fsp3) is 0.818. The summed E-state index contributed by atoms with van der Waals surface area (Å²) in [7, 11) is -3.05. The molecule has 2 amide bonds. The van der Waals surface area contributed by atoms with E-state index >= 15 is 0 Å². The third-order valence-electron chi connectivity index (χ3n) is 3.39. The lowest BCUT2D eigenvalue weighted by atomic mass is 9.99. The van der Waals surface area contributed by atoms with Crippen LogP contribution in [0, 0.1) is 5.92 Å². The van der Waals surface area contributed by atoms with Crippen LogP contribution in [-0.2, 0) is 14.6 Å². The van der Waals surface area contributed by atoms with Crippen LogP contribution >= 0.6 is 0 Å². The molecular formula is C11H20N2O5S. The zero-order valence-corrected chi connectivity index (χ0v) is 11.9. The minimum absolute atomic E-state index is 0.0680. The zero-order valence-electron chi connectivity index (χ0n) is 11.1. The molecular weight excluding hydrogens is 272 g/mol. The van der Waals surface area contributed by atoms with E-state index in [2.05, 4.69) is 5.32 Å². The number of hydrogen-bond donors (Lipinski definition) is 2. The van der Waals surface area contributed by atoms with Crippen LogP contribution in [-0.4, -0.2) is 61.1 Å². The number of carbonyl (C=O) groups excluding carboxylic acids is 1. The van der Waals surface area contributed by atoms with Gasteiger partial charge >= 0.3 is 12.0 Å². The number of carboxylic acid groups (broad SMARTS) is 1. The Morgan fingerprint density at radius 3 is 2.26 bits per heavy atom. The van der Waals surface area contributed by atoms with Crippen molar-refractivity contribution in [3.8, 4) is 0 Å². The average molecular weight is 292 g/mol. The van der Waals surface area contributed by atoms with Crippen molar-refractivity contribution in [2.45, 2.75) is 26.3 Å². The summed E-state index contributed by atoms with van der Waals surface area (Å²) in [4.78, 5) is 24.3. The molecule has 0 bridgehead atoms. The fourth-order valence-electron chi connectivity index (χ4n) is 1.82. The van der Waals surface area contributed by atoms with Crippen molar-refractivity contribution < 1.29 is 23.1 Å². The molecule has 0 aromatic rings. The van der Waals surface area contributed by atoms with Crippen LogP contribution in [0.3, 0.4) is 0 Å². The predicted molar refractivity (Wildman–Crippen MR) is 69.6 cm³/mol. The number of carbonyl (C=O) groups is 2. The highest BCUT2D eigenvalue weighted by molar-refractivity contribution is 7.91. The van der Waals surface area contributed by atoms with Gasteiger partial charge in [-0.2, -0.15) is 0 Å². The van der Waals surface area contributed by atoms with Crippen molar-refractivity contribution in [1.82, 2.24) is 10.2 Å². The third kappa shape index (κ3) is 4.38. The highest BCUT2D eigenvalue weighted by Gasteiger charge is 2.30. The van der Waals surface area contributed by atoms with Gasteiger partial charge in [0, 0.05) is 13.1 Å². The van der Waals surface area contributed by atoms with E-state index in [9.17, 15) is 18.0 Å². The predicted octanol–water partition coefficient (Wildman–Crippen LogP) is -0.0743. The molecule has 0 aromatic carbocycles. The Morgan fingerprint density at radius 2 is 1.84 bits per heavy atom. The summed E-state index contributed by atoms with van der Waals surface area (Å²) in [5.74, 6) is -1.40. The Morgan fingerprint density at radius 1 is 1.32 bits per heavy atom. The maximum Gasteiger partial charge on any atom is 0.326 e. The monoisotopic (exact) mass is 292 g/mol. The number of sulfone groups is 1. The molecule has 0 aromatic heterocycles. The normalized spacial score (nSPS) is 21.5. The molecule has 1 rings (SSSR count). The molecule has 1 aliphatic heterocycles. The van der Waals surface area contributed by atoms with E-state index < -0.39 is 27.9 Å². The Balaban J connectivity index is 2.61. The molecule has 0 spiro atoms. The van der Waals surface area contributed by atoms with Crippen LogP contribution in [0.25, 0.3) is 0 Å². The molecule has 2 N–H and O–H groups in total. The number of nitrogens with zero attached hydrogens (tertiary/aromatic N) is 1. The highest BCUT2D eigenvalue weighted by atomic mass is 32.2. The molecule has 1 saturated heterocycles. The number of urea groups is 1. The summed E-state index contributed by atoms with van der Waals surface area (Å²) in [5, 5.41) is 11.5. The quantitative estimate of drug-likeness (QED) is 0.754. The zero-order chi connectivity index (χ0) is 14.6. The van der Waals surface area contributed by atoms with Crippen LogP contribution in [0.1, 0.15) is 20.3 Å². The van der Waals surface area contributed by atoms with Crippen LogP contribution in [0.4, 0.5) is 4.79 Å². The first-order valence-corrected chi connectivity index (χ1v) is 8.07. The molecule has 0 radical (unpaired) electrons. The molecule has 2 atom stereocenters. The van der Waals surface area contributed by atoms with E-state index in [0.29, 0.717) is 6.42 Å². The van der Waals surface area contributed by atoms with E-state index in [1.54, 1.807) is 6.92 Å². The van der Waals surface area contributed by atoms with Crippen LogP contribution in [0.5, 0.6) is 0 Å². The van der Waals surface area contributed by atoms with Crippen LogP contribution in [0.2, 0.25) is 0 Å². The SMILES string of the molecule is CCC(C)C(NC(=O)N1CCS(=O)(=O)CC1)C(=O)O. The standard InChI is InChI=1S/C11H20N2O5S/c1-3-8(2)9(10(14)15)12-11(16)13-4-6-19(17,18)7-5-13/h8-9H,3-7H2,1-2H3,(H,12,16)(H,14,15). The Kier molecular flexibility index (Phi) is 5.16. The van der Waals surface area contributed by atoms with E-state index in [0.717, 1.165) is 0 Å². The summed E-state index contributed by atoms with van der Waals surface area (Å²) in [6.45, 7) is 3.82. The highest BCUT2D eigenvalue weighted by Crippen LogP contribution is 2.10. The minimum Gasteiger partial charge on any atom is -0.480 e. The van der Waals surface area contributed by atoms with E-state index in [1.165, 1.54) is 4.90 Å². The smallest absolute Gasteiger partial charge is 0.326 e. The minimum atomic E-state index is -3.05. The van der Waals surface area contributed by atoms with Crippen molar-refractivity contribution in [1.29, 1.82) is 0 Å². The van der Waals surface area contributed by atoms with E-state index in [1.807, 2.05) is 6.92 Å². The summed E-state index contributed by atoms with van der Waals surface area (Å²) in [5.41, 5.74) is 0. The summed E-state index contributed by atoms with van der Waals surface area (Å²) >= 11 is 0. The van der Waals surface area contributed by atoms with Gasteiger partial charge in [0.2, 0.25) is 0 Å². The second-order valence-corrected chi connectivity index (χ2v) is 7.09. The molecule has 19 heavy (non-hydrogen) atoms. The van der Waals surface area contributed by atoms with Gasteiger partial charge in [0.05, 0.1) is 11.5 Å². The molecule has 7 nitrogen and oxygen atoms in total. The van der Waals surface area contributed by atoms with E-state index in [4.69, 9.17) is 5.11 Å². The molecule has 1 heterocycles. The van der Waals surface area contributed by atoms with Gasteiger partial charge in [-0.05, 0) is 5.92 Å². The maximum atomic E-state index is 11.9. The Labute approximate surface area is 112 Å². The molecule has 1 fully saturated rings. The molecule has 2 unspecified atom stereocenters. The summed E-state index contributed by atoms with van der Waals surface area (Å²) < 4.78 is 22.5. The first kappa shape index (κ1) is 15.7. The number of aliphatic carboxylic acids is 1. The lowest BCUT2D eigenvalue weighted by molar-refractivity contribution is -0.140. The van der Waals surface area contributed by atoms with Gasteiger partial charge in [-0.3, -0.25) is 0 Å². The number of carboxylic acids is 1. The average Bonchev–Trinajstić information content (AvgIpc) is 2.34. The molecule has 110 valence electrons. The van der Waals surface area contributed by atoms with Crippen molar-refractivity contribution in [2.75, 3.05) is 24.6 Å². The summed E-state index contributed by atoms with van der Waals surface area (Å²) in [6, 6.07) is -1.46. The Hall–Kier alpha value is -1.31. The number of nitrogens with one attached hydrogen (secondary N) is 1. The van der Waals surface area contributed by atoms with Crippen molar-refractivity contribution in [3.63, 3.8) is 0 Å². The summed E-state index contributed by atoms with van der Waals surface area (Å²) in [6.07, 6.45) is 0.631. The van der Waals surface area contributed by atoms with Gasteiger partial charge in [-0.1, -0.05) is 20.3 Å². The lowest BCUT2D eigenvalue weighted by Gasteiger charge is -2.29. The van der Waals surface area contributed by atoms with Crippen molar-refractivity contribution in [3.05, 3.63) is 0 Å². The van der Waals surface area contributed by atoms with Crippen molar-refractivity contribution >= 4 is 21.8 Å². The van der Waals surface area contributed by atoms with Gasteiger partial charge in [-0.15, -0.1) is 0 Å². The maximum absolute atomic E-state index is 11.9. The fourth-order valence-corrected chi connectivity index (χ4v) is 3.02. The van der Waals surface area contributed by atoms with Gasteiger partial charge in [0.1, 0.15) is 6.04 Å². The number of hydrogen-bond acceptors (Lipinski definition) is 4. The number of rotatable bonds is 4. The van der Waals surface area contributed by atoms with Gasteiger partial charge in [-0.25, -0.2) is 18.0 Å². The largest absolute Gasteiger partial charge is 0.480 e. The number of amides is 2. The van der Waals surface area contributed by atoms with Crippen LogP contribution < -0.4 is 5.32 Å². The van der Waals surface area contributed by atoms with Crippen molar-refractivity contribution in [2.24, 2.45) is 5.92 Å². The second-order valence-electron chi connectivity index (χ2n) is 4.79. The van der Waals surface area contributed by atoms with Gasteiger partial charge in [0.25, 0.3) is 0 Å². The van der Waals surface area contributed by atoms with E-state index in [-0.39, 0.29) is 30.5 Å². The molecule has 0 aliphatic carbocycles. The molecule has 8 heteroatoms.